The van der Waals surface area contributed by atoms with Gasteiger partial charge >= 0.3 is 0 Å². The molecule has 0 atom stereocenters. The molecule has 2 aromatic rings. The molecular weight excluding hydrogens is 278 g/mol. The van der Waals surface area contributed by atoms with Gasteiger partial charge in [-0.3, -0.25) is 4.79 Å². The number of carbonyl (C=O) groups is 1. The number of hydrogen-bond donors (Lipinski definition) is 1. The Bertz CT molecular complexity index is 561. The Morgan fingerprint density at radius 1 is 1.12 bits per heavy atom. The van der Waals surface area contributed by atoms with Gasteiger partial charge in [0.15, 0.2) is 5.78 Å². The summed E-state index contributed by atoms with van der Waals surface area (Å²) in [7, 11) is 0. The lowest BCUT2D eigenvalue weighted by Crippen LogP contribution is -2.05. The Kier molecular flexibility index (Phi) is 3.29. The van der Waals surface area contributed by atoms with E-state index < -0.39 is 0 Å². The van der Waals surface area contributed by atoms with Gasteiger partial charge in [-0.1, -0.05) is 35.9 Å². The van der Waals surface area contributed by atoms with Crippen LogP contribution in [-0.4, -0.2) is 5.78 Å². The van der Waals surface area contributed by atoms with Crippen LogP contribution in [0.25, 0.3) is 0 Å². The molecule has 3 heteroatoms. The highest BCUT2D eigenvalue weighted by molar-refractivity contribution is 9.10. The first-order valence-electron chi connectivity index (χ1n) is 5.25. The number of rotatable bonds is 2. The minimum absolute atomic E-state index is 0.0520. The van der Waals surface area contributed by atoms with Gasteiger partial charge in [0, 0.05) is 15.6 Å². The van der Waals surface area contributed by atoms with Gasteiger partial charge in [0.25, 0.3) is 0 Å². The van der Waals surface area contributed by atoms with Crippen molar-refractivity contribution < 1.29 is 4.79 Å². The zero-order valence-electron chi connectivity index (χ0n) is 9.41. The van der Waals surface area contributed by atoms with Crippen molar-refractivity contribution in [3.05, 3.63) is 63.6 Å². The van der Waals surface area contributed by atoms with Crippen LogP contribution in [0.3, 0.4) is 0 Å². The van der Waals surface area contributed by atoms with Crippen LogP contribution in [0.15, 0.2) is 46.9 Å². The number of benzene rings is 2. The highest BCUT2D eigenvalue weighted by atomic mass is 79.9. The Labute approximate surface area is 109 Å². The number of nitrogens with two attached hydrogens (primary N) is 1. The summed E-state index contributed by atoms with van der Waals surface area (Å²) in [6, 6.07) is 12.8. The van der Waals surface area contributed by atoms with Gasteiger partial charge in [-0.25, -0.2) is 0 Å². The minimum atomic E-state index is -0.0520. The molecule has 0 aliphatic rings. The van der Waals surface area contributed by atoms with E-state index in [4.69, 9.17) is 5.73 Å². The van der Waals surface area contributed by atoms with Crippen LogP contribution >= 0.6 is 15.9 Å². The molecule has 0 amide bonds. The second kappa shape index (κ2) is 4.72. The molecule has 2 aromatic carbocycles. The largest absolute Gasteiger partial charge is 0.397 e. The number of ketones is 1. The molecule has 0 fully saturated rings. The number of halogens is 1. The van der Waals surface area contributed by atoms with Crippen molar-refractivity contribution in [2.24, 2.45) is 0 Å². The number of aryl methyl sites for hydroxylation is 1. The number of anilines is 1. The molecule has 2 rings (SSSR count). The molecule has 0 radical (unpaired) electrons. The molecule has 0 spiro atoms. The van der Waals surface area contributed by atoms with E-state index in [1.807, 2.05) is 43.3 Å². The summed E-state index contributed by atoms with van der Waals surface area (Å²) in [6.45, 7) is 1.99. The van der Waals surface area contributed by atoms with E-state index in [1.165, 1.54) is 0 Å². The smallest absolute Gasteiger partial charge is 0.195 e. The maximum Gasteiger partial charge on any atom is 0.195 e. The van der Waals surface area contributed by atoms with Gasteiger partial charge in [0.05, 0.1) is 5.69 Å². The van der Waals surface area contributed by atoms with Crippen LogP contribution in [0.5, 0.6) is 0 Å². The number of carbonyl (C=O) groups excluding carboxylic acids is 1. The number of nitrogen functional groups attached to an aromatic ring is 1. The summed E-state index contributed by atoms with van der Waals surface area (Å²) in [4.78, 5) is 12.2. The van der Waals surface area contributed by atoms with E-state index in [2.05, 4.69) is 15.9 Å². The monoisotopic (exact) mass is 289 g/mol. The fourth-order valence-corrected chi connectivity index (χ4v) is 1.96. The summed E-state index contributed by atoms with van der Waals surface area (Å²) in [5.41, 5.74) is 8.68. The molecule has 0 aromatic heterocycles. The van der Waals surface area contributed by atoms with E-state index in [0.29, 0.717) is 16.8 Å². The molecule has 2 N–H and O–H groups in total. The van der Waals surface area contributed by atoms with Gasteiger partial charge in [-0.05, 0) is 35.0 Å². The highest BCUT2D eigenvalue weighted by Crippen LogP contribution is 2.25. The lowest BCUT2D eigenvalue weighted by molar-refractivity contribution is 0.103. The van der Waals surface area contributed by atoms with Crippen molar-refractivity contribution in [2.75, 3.05) is 5.73 Å². The Balaban J connectivity index is 2.44. The summed E-state index contributed by atoms with van der Waals surface area (Å²) in [6.07, 6.45) is 0. The van der Waals surface area contributed by atoms with Crippen LogP contribution in [-0.2, 0) is 0 Å². The predicted molar refractivity (Wildman–Crippen MR) is 73.2 cm³/mol. The summed E-state index contributed by atoms with van der Waals surface area (Å²) >= 11 is 3.32. The minimum Gasteiger partial charge on any atom is -0.397 e. The standard InChI is InChI=1S/C14H12BrNO/c1-9-5-7-10(8-6-9)14(17)11-3-2-4-12(15)13(11)16/h2-8H,16H2,1H3. The first-order valence-corrected chi connectivity index (χ1v) is 6.04. The first kappa shape index (κ1) is 11.9. The van der Waals surface area contributed by atoms with Crippen molar-refractivity contribution in [3.8, 4) is 0 Å². The third kappa shape index (κ3) is 2.39. The zero-order chi connectivity index (χ0) is 12.4. The van der Waals surface area contributed by atoms with Crippen LogP contribution < -0.4 is 5.73 Å². The molecule has 2 nitrogen and oxygen atoms in total. The third-order valence-electron chi connectivity index (χ3n) is 2.61. The van der Waals surface area contributed by atoms with Gasteiger partial charge in [0.2, 0.25) is 0 Å². The van der Waals surface area contributed by atoms with E-state index in [-0.39, 0.29) is 5.78 Å². The fraction of sp³-hybridized carbons (Fsp3) is 0.0714. The number of para-hydroxylation sites is 1. The van der Waals surface area contributed by atoms with E-state index in [0.717, 1.165) is 10.0 Å². The summed E-state index contributed by atoms with van der Waals surface area (Å²) in [5.74, 6) is -0.0520. The highest BCUT2D eigenvalue weighted by Gasteiger charge is 2.13. The van der Waals surface area contributed by atoms with Gasteiger partial charge in [-0.15, -0.1) is 0 Å². The van der Waals surface area contributed by atoms with E-state index in [1.54, 1.807) is 6.07 Å². The van der Waals surface area contributed by atoms with Crippen LogP contribution in [0.2, 0.25) is 0 Å². The van der Waals surface area contributed by atoms with Crippen LogP contribution in [0, 0.1) is 6.92 Å². The lowest BCUT2D eigenvalue weighted by atomic mass is 10.0. The lowest BCUT2D eigenvalue weighted by Gasteiger charge is -2.06. The van der Waals surface area contributed by atoms with Crippen molar-refractivity contribution in [3.63, 3.8) is 0 Å². The summed E-state index contributed by atoms with van der Waals surface area (Å²) in [5, 5.41) is 0. The van der Waals surface area contributed by atoms with Crippen molar-refractivity contribution in [2.45, 2.75) is 6.92 Å². The van der Waals surface area contributed by atoms with Gasteiger partial charge < -0.3 is 5.73 Å². The molecule has 86 valence electrons. The Morgan fingerprint density at radius 2 is 1.76 bits per heavy atom. The molecule has 0 bridgehead atoms. The van der Waals surface area contributed by atoms with Gasteiger partial charge in [0.1, 0.15) is 0 Å². The van der Waals surface area contributed by atoms with Gasteiger partial charge in [-0.2, -0.15) is 0 Å². The molecule has 0 heterocycles. The molecular formula is C14H12BrNO. The molecule has 0 unspecified atom stereocenters. The second-order valence-corrected chi connectivity index (χ2v) is 4.75. The zero-order valence-corrected chi connectivity index (χ0v) is 11.0. The quantitative estimate of drug-likeness (QED) is 0.678. The van der Waals surface area contributed by atoms with Crippen LogP contribution in [0.4, 0.5) is 5.69 Å². The normalized spacial score (nSPS) is 10.2. The predicted octanol–water partition coefficient (Wildman–Crippen LogP) is 3.57. The third-order valence-corrected chi connectivity index (χ3v) is 3.30. The number of hydrogen-bond acceptors (Lipinski definition) is 2. The van der Waals surface area contributed by atoms with E-state index >= 15 is 0 Å². The molecule has 0 saturated carbocycles. The molecule has 17 heavy (non-hydrogen) atoms. The van der Waals surface area contributed by atoms with Crippen molar-refractivity contribution >= 4 is 27.4 Å². The second-order valence-electron chi connectivity index (χ2n) is 3.90. The molecule has 0 saturated heterocycles. The fourth-order valence-electron chi connectivity index (χ4n) is 1.60. The summed E-state index contributed by atoms with van der Waals surface area (Å²) < 4.78 is 0.746. The van der Waals surface area contributed by atoms with Crippen molar-refractivity contribution in [1.29, 1.82) is 0 Å². The Hall–Kier alpha value is -1.61. The SMILES string of the molecule is Cc1ccc(C(=O)c2cccc(Br)c2N)cc1. The van der Waals surface area contributed by atoms with Crippen molar-refractivity contribution in [1.82, 2.24) is 0 Å². The van der Waals surface area contributed by atoms with Crippen LogP contribution in [0.1, 0.15) is 21.5 Å². The maximum absolute atomic E-state index is 12.2. The average molecular weight is 290 g/mol. The van der Waals surface area contributed by atoms with E-state index in [9.17, 15) is 4.79 Å². The Morgan fingerprint density at radius 3 is 2.41 bits per heavy atom. The molecule has 0 aliphatic heterocycles. The topological polar surface area (TPSA) is 43.1 Å². The molecule has 0 aliphatic carbocycles. The maximum atomic E-state index is 12.2. The average Bonchev–Trinajstić information content (AvgIpc) is 2.33. The first-order chi connectivity index (χ1) is 8.09.